The molecule has 33 heavy (non-hydrogen) atoms. The van der Waals surface area contributed by atoms with Gasteiger partial charge in [0.2, 0.25) is 0 Å². The molecule has 0 radical (unpaired) electrons. The molecule has 1 amide bonds. The maximum Gasteiger partial charge on any atom is 0.278 e. The maximum absolute atomic E-state index is 13.1. The van der Waals surface area contributed by atoms with Crippen LogP contribution in [0.1, 0.15) is 28.7 Å². The number of nitrogens with zero attached hydrogens (tertiary/aromatic N) is 5. The van der Waals surface area contributed by atoms with Gasteiger partial charge in [-0.2, -0.15) is 0 Å². The van der Waals surface area contributed by atoms with Crippen molar-refractivity contribution in [3.05, 3.63) is 82.9 Å². The summed E-state index contributed by atoms with van der Waals surface area (Å²) in [4.78, 5) is 21.6. The number of benzene rings is 2. The number of anilines is 1. The Hall–Kier alpha value is -3.43. The molecule has 4 aromatic rings. The average Bonchev–Trinajstić information content (AvgIpc) is 3.26. The molecule has 0 bridgehead atoms. The van der Waals surface area contributed by atoms with Gasteiger partial charge in [0.1, 0.15) is 5.75 Å². The number of hydrogen-bond acceptors (Lipinski definition) is 7. The molecule has 0 aliphatic heterocycles. The number of thioether (sulfide) groups is 1. The molecular weight excluding hydrogens is 460 g/mol. The fraction of sp³-hybridized carbons (Fsp3) is 0.174. The van der Waals surface area contributed by atoms with Crippen LogP contribution in [0.5, 0.6) is 5.75 Å². The van der Waals surface area contributed by atoms with E-state index in [0.717, 1.165) is 11.3 Å². The molecule has 4 rings (SSSR count). The summed E-state index contributed by atoms with van der Waals surface area (Å²) in [7, 11) is 0. The number of hydrogen-bond donors (Lipinski definition) is 1. The van der Waals surface area contributed by atoms with Gasteiger partial charge in [-0.05, 0) is 61.9 Å². The van der Waals surface area contributed by atoms with Crippen LogP contribution in [0.4, 0.5) is 5.69 Å². The van der Waals surface area contributed by atoms with Gasteiger partial charge < -0.3 is 10.1 Å². The van der Waals surface area contributed by atoms with E-state index in [1.807, 2.05) is 26.0 Å². The second-order valence-electron chi connectivity index (χ2n) is 6.96. The number of halogens is 1. The SMILES string of the molecule is CCOc1ccc(NC(=O)c2nnn(-c3ccc(C)c(Cl)c3)c2CSc2ncccn2)cc1. The number of carbonyl (C=O) groups is 1. The molecule has 0 aliphatic rings. The van der Waals surface area contributed by atoms with E-state index >= 15 is 0 Å². The Morgan fingerprint density at radius 1 is 1.15 bits per heavy atom. The fourth-order valence-electron chi connectivity index (χ4n) is 3.01. The van der Waals surface area contributed by atoms with E-state index in [9.17, 15) is 4.79 Å². The van der Waals surface area contributed by atoms with E-state index < -0.39 is 0 Å². The Kier molecular flexibility index (Phi) is 7.21. The van der Waals surface area contributed by atoms with Crippen molar-refractivity contribution in [1.82, 2.24) is 25.0 Å². The van der Waals surface area contributed by atoms with Crippen molar-refractivity contribution < 1.29 is 9.53 Å². The van der Waals surface area contributed by atoms with E-state index in [1.165, 1.54) is 11.8 Å². The van der Waals surface area contributed by atoms with Crippen molar-refractivity contribution in [1.29, 1.82) is 0 Å². The highest BCUT2D eigenvalue weighted by atomic mass is 35.5. The Bertz CT molecular complexity index is 1250. The average molecular weight is 481 g/mol. The zero-order valence-electron chi connectivity index (χ0n) is 18.0. The molecule has 0 aliphatic carbocycles. The number of aryl methyl sites for hydroxylation is 1. The first-order valence-corrected chi connectivity index (χ1v) is 11.6. The summed E-state index contributed by atoms with van der Waals surface area (Å²) in [6, 6.07) is 14.5. The van der Waals surface area contributed by atoms with Gasteiger partial charge >= 0.3 is 0 Å². The van der Waals surface area contributed by atoms with E-state index in [-0.39, 0.29) is 11.6 Å². The molecule has 8 nitrogen and oxygen atoms in total. The lowest BCUT2D eigenvalue weighted by molar-refractivity contribution is 0.102. The molecule has 0 saturated heterocycles. The van der Waals surface area contributed by atoms with Crippen molar-refractivity contribution in [3.63, 3.8) is 0 Å². The number of nitrogens with one attached hydrogen (secondary N) is 1. The fourth-order valence-corrected chi connectivity index (χ4v) is 3.98. The van der Waals surface area contributed by atoms with Gasteiger partial charge in [-0.3, -0.25) is 4.79 Å². The Labute approximate surface area is 200 Å². The molecule has 0 saturated carbocycles. The first-order chi connectivity index (χ1) is 16.0. The summed E-state index contributed by atoms with van der Waals surface area (Å²) in [5.41, 5.74) is 3.10. The molecule has 0 fully saturated rings. The summed E-state index contributed by atoms with van der Waals surface area (Å²) in [6.45, 7) is 4.41. The zero-order chi connectivity index (χ0) is 23.2. The molecular formula is C23H21ClN6O2S. The number of carbonyl (C=O) groups excluding carboxylic acids is 1. The third-order valence-corrected chi connectivity index (χ3v) is 5.98. The number of amides is 1. The number of aromatic nitrogens is 5. The molecule has 0 unspecified atom stereocenters. The molecule has 2 aromatic carbocycles. The lowest BCUT2D eigenvalue weighted by Gasteiger charge is -2.10. The van der Waals surface area contributed by atoms with Crippen LogP contribution < -0.4 is 10.1 Å². The molecule has 2 aromatic heterocycles. The van der Waals surface area contributed by atoms with Gasteiger partial charge in [-0.25, -0.2) is 14.6 Å². The van der Waals surface area contributed by atoms with E-state index in [4.69, 9.17) is 16.3 Å². The summed E-state index contributed by atoms with van der Waals surface area (Å²) < 4.78 is 7.07. The highest BCUT2D eigenvalue weighted by molar-refractivity contribution is 7.98. The predicted octanol–water partition coefficient (Wildman–Crippen LogP) is 4.96. The Morgan fingerprint density at radius 2 is 1.91 bits per heavy atom. The number of rotatable bonds is 8. The van der Waals surface area contributed by atoms with Crippen LogP contribution in [0.25, 0.3) is 5.69 Å². The Balaban J connectivity index is 1.63. The minimum absolute atomic E-state index is 0.212. The normalized spacial score (nSPS) is 10.8. The standard InChI is InChI=1S/C23H21ClN6O2S/c1-3-32-18-9-6-16(7-10-18)27-22(31)21-20(14-33-23-25-11-4-12-26-23)30(29-28-21)17-8-5-15(2)19(24)13-17/h4-13H,3,14H2,1-2H3,(H,27,31). The minimum Gasteiger partial charge on any atom is -0.494 e. The van der Waals surface area contributed by atoms with Gasteiger partial charge in [0.05, 0.1) is 18.0 Å². The topological polar surface area (TPSA) is 94.8 Å². The van der Waals surface area contributed by atoms with Crippen LogP contribution in [0, 0.1) is 6.92 Å². The van der Waals surface area contributed by atoms with Gasteiger partial charge in [-0.1, -0.05) is 34.6 Å². The highest BCUT2D eigenvalue weighted by Gasteiger charge is 2.22. The molecule has 1 N–H and O–H groups in total. The van der Waals surface area contributed by atoms with Crippen LogP contribution in [-0.4, -0.2) is 37.5 Å². The van der Waals surface area contributed by atoms with Crippen LogP contribution in [-0.2, 0) is 5.75 Å². The summed E-state index contributed by atoms with van der Waals surface area (Å²) in [5, 5.41) is 12.5. The largest absolute Gasteiger partial charge is 0.494 e. The quantitative estimate of drug-likeness (QED) is 0.281. The second kappa shape index (κ2) is 10.5. The van der Waals surface area contributed by atoms with E-state index in [0.29, 0.717) is 39.6 Å². The first-order valence-electron chi connectivity index (χ1n) is 10.2. The van der Waals surface area contributed by atoms with Crippen molar-refractivity contribution in [2.24, 2.45) is 0 Å². The zero-order valence-corrected chi connectivity index (χ0v) is 19.6. The monoisotopic (exact) mass is 480 g/mol. The highest BCUT2D eigenvalue weighted by Crippen LogP contribution is 2.26. The minimum atomic E-state index is -0.367. The third kappa shape index (κ3) is 5.50. The summed E-state index contributed by atoms with van der Waals surface area (Å²) >= 11 is 7.71. The smallest absolute Gasteiger partial charge is 0.278 e. The third-order valence-electron chi connectivity index (χ3n) is 4.68. The van der Waals surface area contributed by atoms with Crippen LogP contribution in [0.2, 0.25) is 5.02 Å². The molecule has 0 spiro atoms. The van der Waals surface area contributed by atoms with Gasteiger partial charge in [-0.15, -0.1) is 5.10 Å². The lowest BCUT2D eigenvalue weighted by atomic mass is 10.2. The van der Waals surface area contributed by atoms with Crippen molar-refractivity contribution in [2.45, 2.75) is 24.8 Å². The summed E-state index contributed by atoms with van der Waals surface area (Å²) in [5.74, 6) is 0.750. The van der Waals surface area contributed by atoms with Crippen molar-refractivity contribution in [3.8, 4) is 11.4 Å². The van der Waals surface area contributed by atoms with Gasteiger partial charge in [0, 0.05) is 28.9 Å². The first kappa shape index (κ1) is 22.8. The van der Waals surface area contributed by atoms with Crippen molar-refractivity contribution in [2.75, 3.05) is 11.9 Å². The lowest BCUT2D eigenvalue weighted by Crippen LogP contribution is -2.15. The van der Waals surface area contributed by atoms with Gasteiger partial charge in [0.25, 0.3) is 5.91 Å². The second-order valence-corrected chi connectivity index (χ2v) is 8.31. The predicted molar refractivity (Wildman–Crippen MR) is 128 cm³/mol. The van der Waals surface area contributed by atoms with Crippen LogP contribution >= 0.6 is 23.4 Å². The Morgan fingerprint density at radius 3 is 2.61 bits per heavy atom. The number of ether oxygens (including phenoxy) is 1. The summed E-state index contributed by atoms with van der Waals surface area (Å²) in [6.07, 6.45) is 3.34. The van der Waals surface area contributed by atoms with Crippen LogP contribution in [0.3, 0.4) is 0 Å². The molecule has 0 atom stereocenters. The van der Waals surface area contributed by atoms with E-state index in [1.54, 1.807) is 53.5 Å². The van der Waals surface area contributed by atoms with E-state index in [2.05, 4.69) is 25.6 Å². The molecule has 2 heterocycles. The molecule has 10 heteroatoms. The molecule has 168 valence electrons. The maximum atomic E-state index is 13.1. The van der Waals surface area contributed by atoms with Gasteiger partial charge in [0.15, 0.2) is 10.9 Å². The van der Waals surface area contributed by atoms with Crippen molar-refractivity contribution >= 4 is 35.0 Å². The van der Waals surface area contributed by atoms with Crippen LogP contribution in [0.15, 0.2) is 66.1 Å².